The fourth-order valence-corrected chi connectivity index (χ4v) is 3.35. The van der Waals surface area contributed by atoms with Crippen LogP contribution in [0.2, 0.25) is 5.02 Å². The summed E-state index contributed by atoms with van der Waals surface area (Å²) >= 11 is 5.95. The molecule has 1 unspecified atom stereocenters. The molecule has 1 heterocycles. The highest BCUT2D eigenvalue weighted by Gasteiger charge is 2.17. The van der Waals surface area contributed by atoms with E-state index in [0.717, 1.165) is 23.4 Å². The molecule has 1 aromatic carbocycles. The molecule has 0 aliphatic carbocycles. The van der Waals surface area contributed by atoms with Crippen LogP contribution in [0.3, 0.4) is 0 Å². The monoisotopic (exact) mass is 478 g/mol. The van der Waals surface area contributed by atoms with Crippen LogP contribution in [0.1, 0.15) is 44.7 Å². The molecule has 0 amide bonds. The number of nitrogens with one attached hydrogen (secondary N) is 2. The second kappa shape index (κ2) is 12.0. The van der Waals surface area contributed by atoms with Crippen LogP contribution in [0.4, 0.5) is 0 Å². The molecule has 0 bridgehead atoms. The topological polar surface area (TPSA) is 39.7 Å². The van der Waals surface area contributed by atoms with E-state index < -0.39 is 0 Å². The molecule has 4 nitrogen and oxygen atoms in total. The molecule has 25 heavy (non-hydrogen) atoms. The lowest BCUT2D eigenvalue weighted by Crippen LogP contribution is -2.40. The Bertz CT molecular complexity index is 513. The number of halogens is 2. The summed E-state index contributed by atoms with van der Waals surface area (Å²) < 4.78 is 0. The van der Waals surface area contributed by atoms with Crippen molar-refractivity contribution >= 4 is 41.5 Å². The number of hydrogen-bond acceptors (Lipinski definition) is 2. The summed E-state index contributed by atoms with van der Waals surface area (Å²) in [6.07, 6.45) is 3.86. The number of piperidine rings is 1. The lowest BCUT2D eigenvalue weighted by Gasteiger charge is -2.31. The Morgan fingerprint density at radius 2 is 1.92 bits per heavy atom. The van der Waals surface area contributed by atoms with Crippen molar-refractivity contribution in [1.29, 1.82) is 0 Å². The van der Waals surface area contributed by atoms with Crippen molar-refractivity contribution in [2.75, 3.05) is 33.2 Å². The summed E-state index contributed by atoms with van der Waals surface area (Å²) in [5.74, 6) is 1.70. The van der Waals surface area contributed by atoms with Crippen LogP contribution in [-0.4, -0.2) is 44.1 Å². The molecule has 1 aliphatic heterocycles. The van der Waals surface area contributed by atoms with E-state index in [1.165, 1.54) is 44.5 Å². The smallest absolute Gasteiger partial charge is 0.191 e. The molecule has 0 aromatic heterocycles. The Morgan fingerprint density at radius 1 is 1.28 bits per heavy atom. The predicted octanol–water partition coefficient (Wildman–Crippen LogP) is 4.31. The van der Waals surface area contributed by atoms with Gasteiger partial charge < -0.3 is 15.5 Å². The van der Waals surface area contributed by atoms with Gasteiger partial charge in [0, 0.05) is 18.6 Å². The molecule has 2 N–H and O–H groups in total. The molecule has 1 aromatic rings. The van der Waals surface area contributed by atoms with E-state index in [1.54, 1.807) is 0 Å². The molecule has 6 heteroatoms. The van der Waals surface area contributed by atoms with Gasteiger partial charge in [0.15, 0.2) is 5.96 Å². The molecular formula is C19H32ClIN4. The zero-order valence-electron chi connectivity index (χ0n) is 15.6. The van der Waals surface area contributed by atoms with Gasteiger partial charge in [0.25, 0.3) is 0 Å². The maximum Gasteiger partial charge on any atom is 0.191 e. The predicted molar refractivity (Wildman–Crippen MR) is 119 cm³/mol. The van der Waals surface area contributed by atoms with Crippen LogP contribution in [-0.2, 0) is 0 Å². The van der Waals surface area contributed by atoms with E-state index in [1.807, 2.05) is 19.2 Å². The lowest BCUT2D eigenvalue weighted by molar-refractivity contribution is 0.187. The first-order chi connectivity index (χ1) is 11.6. The van der Waals surface area contributed by atoms with Crippen molar-refractivity contribution in [2.45, 2.75) is 39.2 Å². The Hall–Kier alpha value is -0.530. The average Bonchev–Trinajstić information content (AvgIpc) is 2.61. The minimum Gasteiger partial charge on any atom is -0.356 e. The number of rotatable bonds is 6. The molecule has 2 rings (SSSR count). The summed E-state index contributed by atoms with van der Waals surface area (Å²) in [7, 11) is 1.82. The van der Waals surface area contributed by atoms with Gasteiger partial charge in [-0.3, -0.25) is 4.99 Å². The van der Waals surface area contributed by atoms with Gasteiger partial charge in [-0.05, 0) is 69.4 Å². The van der Waals surface area contributed by atoms with Gasteiger partial charge in [-0.1, -0.05) is 30.7 Å². The maximum atomic E-state index is 5.95. The Balaban J connectivity index is 0.00000312. The number of benzene rings is 1. The molecule has 0 spiro atoms. The Kier molecular flexibility index (Phi) is 10.8. The normalized spacial score (nSPS) is 17.7. The van der Waals surface area contributed by atoms with Crippen molar-refractivity contribution in [3.05, 3.63) is 34.9 Å². The number of hydrogen-bond donors (Lipinski definition) is 2. The zero-order valence-corrected chi connectivity index (χ0v) is 18.7. The van der Waals surface area contributed by atoms with Gasteiger partial charge in [0.1, 0.15) is 0 Å². The maximum absolute atomic E-state index is 5.95. The van der Waals surface area contributed by atoms with Crippen molar-refractivity contribution in [3.63, 3.8) is 0 Å². The third-order valence-electron chi connectivity index (χ3n) is 4.95. The largest absolute Gasteiger partial charge is 0.356 e. The Labute approximate surface area is 174 Å². The molecule has 0 radical (unpaired) electrons. The third-order valence-corrected chi connectivity index (χ3v) is 5.20. The second-order valence-electron chi connectivity index (χ2n) is 6.58. The zero-order chi connectivity index (χ0) is 17.4. The molecular weight excluding hydrogens is 447 g/mol. The van der Waals surface area contributed by atoms with E-state index in [9.17, 15) is 0 Å². The van der Waals surface area contributed by atoms with Crippen molar-refractivity contribution in [1.82, 2.24) is 15.5 Å². The SMILES string of the molecule is CCN1CCC(CCNC(=NC)NC(C)c2ccc(Cl)cc2)CC1.I. The van der Waals surface area contributed by atoms with E-state index in [2.05, 4.69) is 46.5 Å². The van der Waals surface area contributed by atoms with E-state index in [-0.39, 0.29) is 30.0 Å². The highest BCUT2D eigenvalue weighted by molar-refractivity contribution is 14.0. The fourth-order valence-electron chi connectivity index (χ4n) is 3.22. The summed E-state index contributed by atoms with van der Waals surface area (Å²) in [4.78, 5) is 6.88. The molecule has 1 saturated heterocycles. The molecule has 1 aliphatic rings. The Morgan fingerprint density at radius 3 is 2.48 bits per heavy atom. The van der Waals surface area contributed by atoms with Gasteiger partial charge in [0.2, 0.25) is 0 Å². The summed E-state index contributed by atoms with van der Waals surface area (Å²) in [6, 6.07) is 8.15. The van der Waals surface area contributed by atoms with Crippen molar-refractivity contribution in [3.8, 4) is 0 Å². The van der Waals surface area contributed by atoms with Crippen LogP contribution in [0.5, 0.6) is 0 Å². The number of guanidine groups is 1. The van der Waals surface area contributed by atoms with Gasteiger partial charge in [0.05, 0.1) is 6.04 Å². The summed E-state index contributed by atoms with van der Waals surface area (Å²) in [6.45, 7) is 9.05. The van der Waals surface area contributed by atoms with Gasteiger partial charge in [-0.2, -0.15) is 0 Å². The standard InChI is InChI=1S/C19H31ClN4.HI/c1-4-24-13-10-16(11-14-24)9-12-22-19(21-3)23-15(2)17-5-7-18(20)8-6-17;/h5-8,15-16H,4,9-14H2,1-3H3,(H2,21,22,23);1H. The van der Waals surface area contributed by atoms with Crippen LogP contribution in [0, 0.1) is 5.92 Å². The quantitative estimate of drug-likeness (QED) is 0.364. The van der Waals surface area contributed by atoms with E-state index in [4.69, 9.17) is 11.6 Å². The third kappa shape index (κ3) is 7.71. The van der Waals surface area contributed by atoms with Crippen LogP contribution in [0.25, 0.3) is 0 Å². The molecule has 1 fully saturated rings. The number of likely N-dealkylation sites (tertiary alicyclic amines) is 1. The highest BCUT2D eigenvalue weighted by atomic mass is 127. The summed E-state index contributed by atoms with van der Waals surface area (Å²) in [5, 5.41) is 7.66. The van der Waals surface area contributed by atoms with E-state index in [0.29, 0.717) is 0 Å². The minimum atomic E-state index is 0. The van der Waals surface area contributed by atoms with Gasteiger partial charge in [-0.25, -0.2) is 0 Å². The molecule has 1 atom stereocenters. The summed E-state index contributed by atoms with van der Waals surface area (Å²) in [5.41, 5.74) is 1.20. The van der Waals surface area contributed by atoms with Crippen LogP contribution >= 0.6 is 35.6 Å². The number of aliphatic imine (C=N–C) groups is 1. The van der Waals surface area contributed by atoms with Gasteiger partial charge in [-0.15, -0.1) is 24.0 Å². The second-order valence-corrected chi connectivity index (χ2v) is 7.02. The van der Waals surface area contributed by atoms with Crippen LogP contribution < -0.4 is 10.6 Å². The fraction of sp³-hybridized carbons (Fsp3) is 0.632. The minimum absolute atomic E-state index is 0. The first-order valence-electron chi connectivity index (χ1n) is 9.07. The van der Waals surface area contributed by atoms with Gasteiger partial charge >= 0.3 is 0 Å². The number of nitrogens with zero attached hydrogens (tertiary/aromatic N) is 2. The molecule has 142 valence electrons. The lowest BCUT2D eigenvalue weighted by atomic mass is 9.93. The van der Waals surface area contributed by atoms with Crippen molar-refractivity contribution < 1.29 is 0 Å². The van der Waals surface area contributed by atoms with E-state index >= 15 is 0 Å². The first-order valence-corrected chi connectivity index (χ1v) is 9.45. The average molecular weight is 479 g/mol. The first kappa shape index (κ1) is 22.5. The highest BCUT2D eigenvalue weighted by Crippen LogP contribution is 2.19. The van der Waals surface area contributed by atoms with Crippen LogP contribution in [0.15, 0.2) is 29.3 Å². The van der Waals surface area contributed by atoms with Crippen molar-refractivity contribution in [2.24, 2.45) is 10.9 Å². The molecule has 0 saturated carbocycles.